The molecule has 0 unspecified atom stereocenters. The molecule has 0 heterocycles. The molecule has 3 nitrogen and oxygen atoms in total. The molecule has 19 heavy (non-hydrogen) atoms. The minimum atomic E-state index is 0.221. The van der Waals surface area contributed by atoms with Crippen LogP contribution in [0.25, 0.3) is 0 Å². The topological polar surface area (TPSA) is 30.5 Å². The first-order chi connectivity index (χ1) is 9.02. The van der Waals surface area contributed by atoms with Crippen LogP contribution in [0.3, 0.4) is 0 Å². The largest absolute Gasteiger partial charge is 0.493 e. The zero-order valence-corrected chi connectivity index (χ0v) is 13.0. The number of nitrogens with one attached hydrogen (secondary N) is 1. The Balaban J connectivity index is 2.54. The van der Waals surface area contributed by atoms with Gasteiger partial charge in [-0.15, -0.1) is 11.6 Å². The predicted octanol–water partition coefficient (Wildman–Crippen LogP) is 3.45. The Hall–Kier alpha value is -0.930. The number of halogens is 1. The Morgan fingerprint density at radius 3 is 2.42 bits per heavy atom. The van der Waals surface area contributed by atoms with Crippen LogP contribution in [0.5, 0.6) is 11.5 Å². The summed E-state index contributed by atoms with van der Waals surface area (Å²) < 4.78 is 10.5. The Morgan fingerprint density at radius 1 is 1.16 bits per heavy atom. The van der Waals surface area contributed by atoms with E-state index in [9.17, 15) is 0 Å². The number of benzene rings is 1. The van der Waals surface area contributed by atoms with Gasteiger partial charge in [-0.25, -0.2) is 0 Å². The van der Waals surface area contributed by atoms with Gasteiger partial charge in [0.05, 0.1) is 14.2 Å². The quantitative estimate of drug-likeness (QED) is 0.742. The Kier molecular flexibility index (Phi) is 6.46. The maximum atomic E-state index is 5.80. The third-order valence-corrected chi connectivity index (χ3v) is 3.34. The lowest BCUT2D eigenvalue weighted by Gasteiger charge is -2.24. The van der Waals surface area contributed by atoms with E-state index in [1.165, 1.54) is 5.56 Å². The highest BCUT2D eigenvalue weighted by Crippen LogP contribution is 2.27. The Bertz CT molecular complexity index is 394. The maximum Gasteiger partial charge on any atom is 0.161 e. The molecule has 1 aromatic rings. The van der Waals surface area contributed by atoms with Crippen LogP contribution in [0.15, 0.2) is 18.2 Å². The monoisotopic (exact) mass is 285 g/mol. The summed E-state index contributed by atoms with van der Waals surface area (Å²) in [7, 11) is 3.29. The molecular weight excluding hydrogens is 262 g/mol. The van der Waals surface area contributed by atoms with Crippen molar-refractivity contribution in [2.24, 2.45) is 5.41 Å². The van der Waals surface area contributed by atoms with Crippen molar-refractivity contribution < 1.29 is 9.47 Å². The minimum Gasteiger partial charge on any atom is -0.493 e. The van der Waals surface area contributed by atoms with Crippen molar-refractivity contribution in [2.75, 3.05) is 26.6 Å². The molecule has 0 radical (unpaired) electrons. The van der Waals surface area contributed by atoms with Crippen molar-refractivity contribution in [2.45, 2.75) is 26.8 Å². The molecule has 0 aromatic heterocycles. The highest BCUT2D eigenvalue weighted by molar-refractivity contribution is 6.17. The molecular formula is C15H24ClNO2. The smallest absolute Gasteiger partial charge is 0.161 e. The first-order valence-corrected chi connectivity index (χ1v) is 7.03. The van der Waals surface area contributed by atoms with Crippen LogP contribution < -0.4 is 14.8 Å². The summed E-state index contributed by atoms with van der Waals surface area (Å²) in [4.78, 5) is 0. The SMILES string of the molecule is COc1ccc(CNCC(C)(C)CCCl)cc1OC. The van der Waals surface area contributed by atoms with E-state index in [0.29, 0.717) is 5.88 Å². The van der Waals surface area contributed by atoms with Gasteiger partial charge in [-0.05, 0) is 29.5 Å². The average Bonchev–Trinajstić information content (AvgIpc) is 2.38. The summed E-state index contributed by atoms with van der Waals surface area (Å²) in [5.41, 5.74) is 1.40. The summed E-state index contributed by atoms with van der Waals surface area (Å²) in [6, 6.07) is 5.98. The van der Waals surface area contributed by atoms with Crippen molar-refractivity contribution in [3.8, 4) is 11.5 Å². The molecule has 108 valence electrons. The van der Waals surface area contributed by atoms with Crippen LogP contribution in [-0.4, -0.2) is 26.6 Å². The van der Waals surface area contributed by atoms with E-state index in [0.717, 1.165) is 31.0 Å². The molecule has 1 N–H and O–H groups in total. The molecule has 0 saturated carbocycles. The first kappa shape index (κ1) is 16.1. The van der Waals surface area contributed by atoms with E-state index < -0.39 is 0 Å². The van der Waals surface area contributed by atoms with Crippen molar-refractivity contribution in [3.63, 3.8) is 0 Å². The number of ether oxygens (including phenoxy) is 2. The lowest BCUT2D eigenvalue weighted by atomic mass is 9.90. The Morgan fingerprint density at radius 2 is 1.84 bits per heavy atom. The number of alkyl halides is 1. The molecule has 0 aliphatic heterocycles. The van der Waals surface area contributed by atoms with Gasteiger partial charge in [0.15, 0.2) is 11.5 Å². The molecule has 4 heteroatoms. The third kappa shape index (κ3) is 5.29. The number of hydrogen-bond acceptors (Lipinski definition) is 3. The maximum absolute atomic E-state index is 5.80. The second-order valence-corrected chi connectivity index (χ2v) is 5.77. The number of methoxy groups -OCH3 is 2. The van der Waals surface area contributed by atoms with Crippen molar-refractivity contribution in [1.29, 1.82) is 0 Å². The first-order valence-electron chi connectivity index (χ1n) is 6.50. The van der Waals surface area contributed by atoms with E-state index in [-0.39, 0.29) is 5.41 Å². The van der Waals surface area contributed by atoms with Gasteiger partial charge in [0, 0.05) is 19.0 Å². The second-order valence-electron chi connectivity index (χ2n) is 5.40. The molecule has 0 spiro atoms. The van der Waals surface area contributed by atoms with Gasteiger partial charge in [-0.1, -0.05) is 19.9 Å². The molecule has 1 rings (SSSR count). The van der Waals surface area contributed by atoms with Crippen LogP contribution in [0, 0.1) is 5.41 Å². The minimum absolute atomic E-state index is 0.221. The lowest BCUT2D eigenvalue weighted by molar-refractivity contribution is 0.329. The van der Waals surface area contributed by atoms with Crippen molar-refractivity contribution in [3.05, 3.63) is 23.8 Å². The van der Waals surface area contributed by atoms with Gasteiger partial charge < -0.3 is 14.8 Å². The van der Waals surface area contributed by atoms with Crippen LogP contribution in [0.2, 0.25) is 0 Å². The fraction of sp³-hybridized carbons (Fsp3) is 0.600. The van der Waals surface area contributed by atoms with E-state index in [4.69, 9.17) is 21.1 Å². The van der Waals surface area contributed by atoms with Crippen LogP contribution in [0.4, 0.5) is 0 Å². The molecule has 0 saturated heterocycles. The molecule has 0 amide bonds. The van der Waals surface area contributed by atoms with Gasteiger partial charge in [-0.3, -0.25) is 0 Å². The molecule has 0 bridgehead atoms. The summed E-state index contributed by atoms with van der Waals surface area (Å²) in [6.45, 7) is 6.19. The predicted molar refractivity (Wildman–Crippen MR) is 80.4 cm³/mol. The zero-order chi connectivity index (χ0) is 14.3. The molecule has 1 aromatic carbocycles. The van der Waals surface area contributed by atoms with Crippen molar-refractivity contribution >= 4 is 11.6 Å². The third-order valence-electron chi connectivity index (χ3n) is 3.15. The van der Waals surface area contributed by atoms with E-state index >= 15 is 0 Å². The molecule has 0 fully saturated rings. The molecule has 0 atom stereocenters. The zero-order valence-electron chi connectivity index (χ0n) is 12.3. The highest BCUT2D eigenvalue weighted by atomic mass is 35.5. The van der Waals surface area contributed by atoms with Crippen LogP contribution >= 0.6 is 11.6 Å². The van der Waals surface area contributed by atoms with E-state index in [2.05, 4.69) is 19.2 Å². The van der Waals surface area contributed by atoms with Gasteiger partial charge >= 0.3 is 0 Å². The summed E-state index contributed by atoms with van der Waals surface area (Å²) in [5.74, 6) is 2.22. The van der Waals surface area contributed by atoms with Gasteiger partial charge in [0.2, 0.25) is 0 Å². The lowest BCUT2D eigenvalue weighted by Crippen LogP contribution is -2.29. The van der Waals surface area contributed by atoms with Gasteiger partial charge in [0.25, 0.3) is 0 Å². The average molecular weight is 286 g/mol. The normalized spacial score (nSPS) is 11.4. The van der Waals surface area contributed by atoms with Crippen LogP contribution in [-0.2, 0) is 6.54 Å². The Labute approximate surface area is 121 Å². The fourth-order valence-electron chi connectivity index (χ4n) is 1.88. The van der Waals surface area contributed by atoms with Crippen molar-refractivity contribution in [1.82, 2.24) is 5.32 Å². The standard InChI is InChI=1S/C15H24ClNO2/c1-15(2,7-8-16)11-17-10-12-5-6-13(18-3)14(9-12)19-4/h5-6,9,17H,7-8,10-11H2,1-4H3. The second kappa shape index (κ2) is 7.61. The van der Waals surface area contributed by atoms with Gasteiger partial charge in [0.1, 0.15) is 0 Å². The van der Waals surface area contributed by atoms with Crippen LogP contribution in [0.1, 0.15) is 25.8 Å². The van der Waals surface area contributed by atoms with E-state index in [1.807, 2.05) is 18.2 Å². The summed E-state index contributed by atoms with van der Waals surface area (Å²) in [5, 5.41) is 3.46. The fourth-order valence-corrected chi connectivity index (χ4v) is 2.39. The van der Waals surface area contributed by atoms with E-state index in [1.54, 1.807) is 14.2 Å². The highest BCUT2D eigenvalue weighted by Gasteiger charge is 2.16. The molecule has 0 aliphatic carbocycles. The summed E-state index contributed by atoms with van der Waals surface area (Å²) in [6.07, 6.45) is 1.01. The van der Waals surface area contributed by atoms with Gasteiger partial charge in [-0.2, -0.15) is 0 Å². The number of rotatable bonds is 8. The summed E-state index contributed by atoms with van der Waals surface area (Å²) >= 11 is 5.80. The number of hydrogen-bond donors (Lipinski definition) is 1. The molecule has 0 aliphatic rings.